The van der Waals surface area contributed by atoms with Crippen molar-refractivity contribution in [3.8, 4) is 16.4 Å². The van der Waals surface area contributed by atoms with E-state index >= 15 is 0 Å². The lowest BCUT2D eigenvalue weighted by Gasteiger charge is -2.20. The molecule has 0 atom stereocenters. The van der Waals surface area contributed by atoms with Gasteiger partial charge in [0.25, 0.3) is 5.91 Å². The number of hydrazone groups is 1. The molecule has 4 aromatic rings. The minimum atomic E-state index is -4.62. The molecule has 7 nitrogen and oxygen atoms in total. The summed E-state index contributed by atoms with van der Waals surface area (Å²) in [7, 11) is 0. The summed E-state index contributed by atoms with van der Waals surface area (Å²) in [5, 5.41) is 9.26. The zero-order valence-electron chi connectivity index (χ0n) is 19.5. The number of halogens is 3. The van der Waals surface area contributed by atoms with Gasteiger partial charge >= 0.3 is 6.18 Å². The molecule has 1 N–H and O–H groups in total. The topological polar surface area (TPSA) is 75.4 Å². The van der Waals surface area contributed by atoms with Gasteiger partial charge in [0.15, 0.2) is 5.69 Å². The molecule has 2 aromatic carbocycles. The first-order valence-electron chi connectivity index (χ1n) is 11.2. The molecule has 0 bridgehead atoms. The number of amides is 1. The van der Waals surface area contributed by atoms with Crippen LogP contribution in [0.2, 0.25) is 0 Å². The Kier molecular flexibility index (Phi) is 7.49. The lowest BCUT2D eigenvalue weighted by Crippen LogP contribution is -2.21. The van der Waals surface area contributed by atoms with Gasteiger partial charge in [0.1, 0.15) is 5.69 Å². The van der Waals surface area contributed by atoms with Gasteiger partial charge in [0.2, 0.25) is 5.13 Å². The second-order valence-corrected chi connectivity index (χ2v) is 8.51. The predicted octanol–water partition coefficient (Wildman–Crippen LogP) is 5.62. The van der Waals surface area contributed by atoms with E-state index in [0.717, 1.165) is 46.4 Å². The highest BCUT2D eigenvalue weighted by Gasteiger charge is 2.35. The summed E-state index contributed by atoms with van der Waals surface area (Å²) in [5.41, 5.74) is 4.03. The molecule has 0 aliphatic heterocycles. The van der Waals surface area contributed by atoms with Crippen LogP contribution in [0.3, 0.4) is 0 Å². The van der Waals surface area contributed by atoms with Crippen LogP contribution in [0.5, 0.6) is 0 Å². The zero-order chi connectivity index (χ0) is 25.7. The molecule has 0 saturated heterocycles. The highest BCUT2D eigenvalue weighted by Crippen LogP contribution is 2.33. The van der Waals surface area contributed by atoms with Crippen molar-refractivity contribution in [3.05, 3.63) is 83.0 Å². The van der Waals surface area contributed by atoms with Crippen molar-refractivity contribution < 1.29 is 18.0 Å². The number of thiazole rings is 1. The molecule has 11 heteroatoms. The van der Waals surface area contributed by atoms with Crippen LogP contribution in [0.4, 0.5) is 18.9 Å². The third kappa shape index (κ3) is 5.62. The van der Waals surface area contributed by atoms with Gasteiger partial charge < -0.3 is 4.90 Å². The molecule has 2 heterocycles. The minimum absolute atomic E-state index is 0.0205. The van der Waals surface area contributed by atoms with Crippen molar-refractivity contribution in [1.82, 2.24) is 20.2 Å². The number of aromatic nitrogens is 3. The molecule has 0 saturated carbocycles. The smallest absolute Gasteiger partial charge is 0.372 e. The monoisotopic (exact) mass is 512 g/mol. The first-order valence-corrected chi connectivity index (χ1v) is 12.0. The Morgan fingerprint density at radius 2 is 1.81 bits per heavy atom. The number of anilines is 1. The Labute approximate surface area is 209 Å². The number of carbonyl (C=O) groups excluding carboxylic acids is 1. The van der Waals surface area contributed by atoms with Crippen molar-refractivity contribution in [2.24, 2.45) is 5.10 Å². The van der Waals surface area contributed by atoms with Gasteiger partial charge in [-0.25, -0.2) is 15.1 Å². The van der Waals surface area contributed by atoms with Crippen LogP contribution in [-0.4, -0.2) is 40.0 Å². The van der Waals surface area contributed by atoms with E-state index in [2.05, 4.69) is 39.4 Å². The fraction of sp³-hybridized carbons (Fsp3) is 0.200. The van der Waals surface area contributed by atoms with E-state index in [9.17, 15) is 18.0 Å². The maximum Gasteiger partial charge on any atom is 0.435 e. The van der Waals surface area contributed by atoms with Crippen LogP contribution in [0.25, 0.3) is 16.4 Å². The molecular weight excluding hydrogens is 489 g/mol. The summed E-state index contributed by atoms with van der Waals surface area (Å²) < 4.78 is 41.1. The summed E-state index contributed by atoms with van der Waals surface area (Å²) in [6.45, 7) is 5.97. The van der Waals surface area contributed by atoms with Crippen LogP contribution < -0.4 is 10.3 Å². The Morgan fingerprint density at radius 3 is 2.44 bits per heavy atom. The summed E-state index contributed by atoms with van der Waals surface area (Å²) in [6.07, 6.45) is -3.11. The number of alkyl halides is 3. The van der Waals surface area contributed by atoms with Crippen LogP contribution in [-0.2, 0) is 6.18 Å². The van der Waals surface area contributed by atoms with Gasteiger partial charge in [0, 0.05) is 29.7 Å². The van der Waals surface area contributed by atoms with Crippen LogP contribution in [0, 0.1) is 0 Å². The molecule has 0 aliphatic rings. The molecule has 0 aliphatic carbocycles. The van der Waals surface area contributed by atoms with Gasteiger partial charge in [-0.2, -0.15) is 23.4 Å². The molecule has 0 radical (unpaired) electrons. The average molecular weight is 513 g/mol. The van der Waals surface area contributed by atoms with Crippen LogP contribution in [0.1, 0.15) is 35.6 Å². The SMILES string of the molecule is CCN(CC)c1ccc(/C=N/NC(=O)c2csc(-n3nc(C(F)(F)F)cc3-c3ccccc3)n2)cc1. The molecule has 0 spiro atoms. The summed E-state index contributed by atoms with van der Waals surface area (Å²) >= 11 is 1.01. The number of nitrogens with zero attached hydrogens (tertiary/aromatic N) is 5. The normalized spacial score (nSPS) is 11.7. The van der Waals surface area contributed by atoms with E-state index in [-0.39, 0.29) is 16.5 Å². The number of rotatable bonds is 8. The van der Waals surface area contributed by atoms with Gasteiger partial charge in [-0.1, -0.05) is 42.5 Å². The summed E-state index contributed by atoms with van der Waals surface area (Å²) in [6, 6.07) is 17.3. The maximum atomic E-state index is 13.3. The van der Waals surface area contributed by atoms with Gasteiger partial charge in [0.05, 0.1) is 11.9 Å². The Morgan fingerprint density at radius 1 is 1.11 bits per heavy atom. The van der Waals surface area contributed by atoms with Crippen molar-refractivity contribution in [2.45, 2.75) is 20.0 Å². The van der Waals surface area contributed by atoms with Crippen LogP contribution >= 0.6 is 11.3 Å². The number of hydrogen-bond acceptors (Lipinski definition) is 6. The molecule has 0 fully saturated rings. The standard InChI is InChI=1S/C25H23F3N6OS/c1-3-33(4-2)19-12-10-17(11-13-19)15-29-31-23(35)20-16-36-24(30-20)34-21(18-8-6-5-7-9-18)14-22(32-34)25(26,27)28/h5-16H,3-4H2,1-2H3,(H,31,35)/b29-15+. The van der Waals surface area contributed by atoms with Gasteiger partial charge in [-0.15, -0.1) is 11.3 Å². The molecule has 36 heavy (non-hydrogen) atoms. The van der Waals surface area contributed by atoms with Crippen molar-refractivity contribution in [1.29, 1.82) is 0 Å². The van der Waals surface area contributed by atoms with Crippen molar-refractivity contribution >= 4 is 29.1 Å². The first-order chi connectivity index (χ1) is 17.3. The molecule has 1 amide bonds. The Hall–Kier alpha value is -3.99. The molecule has 186 valence electrons. The average Bonchev–Trinajstić information content (AvgIpc) is 3.54. The van der Waals surface area contributed by atoms with Crippen molar-refractivity contribution in [2.75, 3.05) is 18.0 Å². The van der Waals surface area contributed by atoms with E-state index in [0.29, 0.717) is 5.56 Å². The highest BCUT2D eigenvalue weighted by atomic mass is 32.1. The van der Waals surface area contributed by atoms with E-state index in [4.69, 9.17) is 0 Å². The largest absolute Gasteiger partial charge is 0.435 e. The zero-order valence-corrected chi connectivity index (χ0v) is 20.3. The molecular formula is C25H23F3N6OS. The Bertz CT molecular complexity index is 1340. The maximum absolute atomic E-state index is 13.3. The van der Waals surface area contributed by atoms with E-state index in [1.54, 1.807) is 30.3 Å². The summed E-state index contributed by atoms with van der Waals surface area (Å²) in [5.74, 6) is -0.585. The number of benzene rings is 2. The lowest BCUT2D eigenvalue weighted by atomic mass is 10.1. The molecule has 0 unspecified atom stereocenters. The number of hydrogen-bond donors (Lipinski definition) is 1. The van der Waals surface area contributed by atoms with E-state index in [1.807, 2.05) is 24.3 Å². The highest BCUT2D eigenvalue weighted by molar-refractivity contribution is 7.12. The van der Waals surface area contributed by atoms with E-state index in [1.165, 1.54) is 11.6 Å². The Balaban J connectivity index is 1.50. The molecule has 2 aromatic heterocycles. The van der Waals surface area contributed by atoms with E-state index < -0.39 is 17.8 Å². The van der Waals surface area contributed by atoms with Crippen molar-refractivity contribution in [3.63, 3.8) is 0 Å². The van der Waals surface area contributed by atoms with Gasteiger partial charge in [-0.05, 0) is 37.6 Å². The van der Waals surface area contributed by atoms with Crippen LogP contribution in [0.15, 0.2) is 71.1 Å². The second-order valence-electron chi connectivity index (χ2n) is 7.67. The first kappa shape index (κ1) is 25.1. The number of carbonyl (C=O) groups is 1. The minimum Gasteiger partial charge on any atom is -0.372 e. The fourth-order valence-electron chi connectivity index (χ4n) is 3.53. The summed E-state index contributed by atoms with van der Waals surface area (Å²) in [4.78, 5) is 18.9. The molecule has 4 rings (SSSR count). The fourth-order valence-corrected chi connectivity index (χ4v) is 4.30. The predicted molar refractivity (Wildman–Crippen MR) is 135 cm³/mol. The number of nitrogens with one attached hydrogen (secondary N) is 1. The quantitative estimate of drug-likeness (QED) is 0.245. The lowest BCUT2D eigenvalue weighted by molar-refractivity contribution is -0.141. The third-order valence-corrected chi connectivity index (χ3v) is 6.19. The second kappa shape index (κ2) is 10.7. The third-order valence-electron chi connectivity index (χ3n) is 5.38. The van der Waals surface area contributed by atoms with Gasteiger partial charge in [-0.3, -0.25) is 4.79 Å².